The number of carbonyl (C=O) groups excluding carboxylic acids is 1. The van der Waals surface area contributed by atoms with Crippen molar-refractivity contribution in [3.05, 3.63) is 66.0 Å². The van der Waals surface area contributed by atoms with E-state index in [1.807, 2.05) is 24.3 Å². The Bertz CT molecular complexity index is 1010. The van der Waals surface area contributed by atoms with Gasteiger partial charge in [0.25, 0.3) is 5.91 Å². The quantitative estimate of drug-likeness (QED) is 0.606. The normalized spacial score (nSPS) is 10.7. The lowest BCUT2D eigenvalue weighted by Gasteiger charge is -2.14. The van der Waals surface area contributed by atoms with Crippen molar-refractivity contribution < 1.29 is 14.3 Å². The van der Waals surface area contributed by atoms with Crippen LogP contribution in [0.4, 0.5) is 0 Å². The lowest BCUT2D eigenvalue weighted by molar-refractivity contribution is 0.0949. The van der Waals surface area contributed by atoms with Crippen LogP contribution in [0.25, 0.3) is 11.0 Å². The van der Waals surface area contributed by atoms with Crippen molar-refractivity contribution in [2.24, 2.45) is 0 Å². The number of hydrogen-bond donors (Lipinski definition) is 1. The molecular weight excluding hydrogens is 354 g/mol. The number of aromatic nitrogens is 2. The highest BCUT2D eigenvalue weighted by Gasteiger charge is 2.16. The largest absolute Gasteiger partial charge is 0.493 e. The van der Waals surface area contributed by atoms with Crippen LogP contribution in [0.15, 0.2) is 49.1 Å². The summed E-state index contributed by atoms with van der Waals surface area (Å²) in [6.07, 6.45) is 2.34. The summed E-state index contributed by atoms with van der Waals surface area (Å²) in [6.45, 7) is 6.96. The SMILES string of the molecule is C=CCc1cc(C(=O)NCc2nc3ccccc3n2CC)cc(OC)c1OC. The maximum absolute atomic E-state index is 12.8. The van der Waals surface area contributed by atoms with Gasteiger partial charge in [-0.2, -0.15) is 0 Å². The van der Waals surface area contributed by atoms with Gasteiger partial charge in [0, 0.05) is 17.7 Å². The van der Waals surface area contributed by atoms with Gasteiger partial charge < -0.3 is 19.4 Å². The van der Waals surface area contributed by atoms with Crippen molar-refractivity contribution >= 4 is 16.9 Å². The molecule has 1 amide bonds. The number of nitrogens with zero attached hydrogens (tertiary/aromatic N) is 2. The molecular formula is C22H25N3O3. The molecule has 0 spiro atoms. The monoisotopic (exact) mass is 379 g/mol. The highest BCUT2D eigenvalue weighted by atomic mass is 16.5. The lowest BCUT2D eigenvalue weighted by atomic mass is 10.0. The molecule has 6 nitrogen and oxygen atoms in total. The third-order valence-corrected chi connectivity index (χ3v) is 4.64. The van der Waals surface area contributed by atoms with Crippen molar-refractivity contribution in [1.82, 2.24) is 14.9 Å². The third-order valence-electron chi connectivity index (χ3n) is 4.64. The molecule has 1 aromatic heterocycles. The van der Waals surface area contributed by atoms with Crippen molar-refractivity contribution in [3.63, 3.8) is 0 Å². The zero-order valence-electron chi connectivity index (χ0n) is 16.5. The molecule has 0 bridgehead atoms. The van der Waals surface area contributed by atoms with E-state index in [0.717, 1.165) is 29.0 Å². The summed E-state index contributed by atoms with van der Waals surface area (Å²) in [4.78, 5) is 17.4. The van der Waals surface area contributed by atoms with Crippen LogP contribution < -0.4 is 14.8 Å². The first-order chi connectivity index (χ1) is 13.6. The number of para-hydroxylation sites is 2. The highest BCUT2D eigenvalue weighted by molar-refractivity contribution is 5.95. The Hall–Kier alpha value is -3.28. The molecule has 2 aromatic carbocycles. The molecule has 1 heterocycles. The summed E-state index contributed by atoms with van der Waals surface area (Å²) in [5.74, 6) is 1.77. The maximum Gasteiger partial charge on any atom is 0.251 e. The number of aryl methyl sites for hydroxylation is 1. The predicted molar refractivity (Wildman–Crippen MR) is 110 cm³/mol. The number of fused-ring (bicyclic) bond motifs is 1. The lowest BCUT2D eigenvalue weighted by Crippen LogP contribution is -2.25. The molecule has 0 saturated heterocycles. The van der Waals surface area contributed by atoms with Crippen molar-refractivity contribution in [2.45, 2.75) is 26.4 Å². The number of rotatable bonds is 8. The van der Waals surface area contributed by atoms with E-state index in [9.17, 15) is 4.79 Å². The molecule has 28 heavy (non-hydrogen) atoms. The summed E-state index contributed by atoms with van der Waals surface area (Å²) in [5, 5.41) is 2.96. The Kier molecular flexibility index (Phi) is 5.99. The second-order valence-electron chi connectivity index (χ2n) is 6.31. The molecule has 0 aliphatic rings. The fourth-order valence-corrected chi connectivity index (χ4v) is 3.36. The fraction of sp³-hybridized carbons (Fsp3) is 0.273. The number of imidazole rings is 1. The first-order valence-electron chi connectivity index (χ1n) is 9.21. The second kappa shape index (κ2) is 8.61. The number of benzene rings is 2. The van der Waals surface area contributed by atoms with Crippen molar-refractivity contribution in [3.8, 4) is 11.5 Å². The predicted octanol–water partition coefficient (Wildman–Crippen LogP) is 3.73. The van der Waals surface area contributed by atoms with Gasteiger partial charge >= 0.3 is 0 Å². The third kappa shape index (κ3) is 3.71. The Balaban J connectivity index is 1.85. The van der Waals surface area contributed by atoms with Crippen LogP contribution in [0.1, 0.15) is 28.7 Å². The Morgan fingerprint density at radius 1 is 1.25 bits per heavy atom. The average molecular weight is 379 g/mol. The summed E-state index contributed by atoms with van der Waals surface area (Å²) >= 11 is 0. The van der Waals surface area contributed by atoms with Gasteiger partial charge in [-0.15, -0.1) is 6.58 Å². The highest BCUT2D eigenvalue weighted by Crippen LogP contribution is 2.33. The van der Waals surface area contributed by atoms with E-state index >= 15 is 0 Å². The molecule has 0 aliphatic heterocycles. The van der Waals surface area contributed by atoms with Crippen LogP contribution in [0.2, 0.25) is 0 Å². The number of methoxy groups -OCH3 is 2. The van der Waals surface area contributed by atoms with E-state index in [4.69, 9.17) is 9.47 Å². The van der Waals surface area contributed by atoms with Crippen molar-refractivity contribution in [2.75, 3.05) is 14.2 Å². The molecule has 0 fully saturated rings. The van der Waals surface area contributed by atoms with Crippen LogP contribution in [0.5, 0.6) is 11.5 Å². The number of allylic oxidation sites excluding steroid dienone is 1. The summed E-state index contributed by atoms with van der Waals surface area (Å²) in [6, 6.07) is 11.5. The molecule has 3 aromatic rings. The molecule has 0 saturated carbocycles. The molecule has 0 radical (unpaired) electrons. The fourth-order valence-electron chi connectivity index (χ4n) is 3.36. The minimum Gasteiger partial charge on any atom is -0.493 e. The second-order valence-corrected chi connectivity index (χ2v) is 6.31. The first-order valence-corrected chi connectivity index (χ1v) is 9.21. The van der Waals surface area contributed by atoms with Gasteiger partial charge in [0.05, 0.1) is 31.8 Å². The summed E-state index contributed by atoms with van der Waals surface area (Å²) in [5.41, 5.74) is 3.35. The minimum absolute atomic E-state index is 0.194. The Morgan fingerprint density at radius 3 is 2.71 bits per heavy atom. The first kappa shape index (κ1) is 19.5. The maximum atomic E-state index is 12.8. The van der Waals surface area contributed by atoms with Gasteiger partial charge in [-0.1, -0.05) is 18.2 Å². The van der Waals surface area contributed by atoms with Crippen LogP contribution in [-0.4, -0.2) is 29.7 Å². The molecule has 1 N–H and O–H groups in total. The molecule has 0 unspecified atom stereocenters. The average Bonchev–Trinajstić information content (AvgIpc) is 3.09. The zero-order valence-corrected chi connectivity index (χ0v) is 16.5. The van der Waals surface area contributed by atoms with E-state index in [0.29, 0.717) is 30.0 Å². The summed E-state index contributed by atoms with van der Waals surface area (Å²) in [7, 11) is 3.14. The molecule has 3 rings (SSSR count). The van der Waals surface area contributed by atoms with E-state index in [-0.39, 0.29) is 5.91 Å². The number of ether oxygens (including phenoxy) is 2. The zero-order chi connectivity index (χ0) is 20.1. The number of hydrogen-bond acceptors (Lipinski definition) is 4. The topological polar surface area (TPSA) is 65.4 Å². The number of nitrogens with one attached hydrogen (secondary N) is 1. The van der Waals surface area contributed by atoms with E-state index < -0.39 is 0 Å². The van der Waals surface area contributed by atoms with Crippen LogP contribution in [0, 0.1) is 0 Å². The van der Waals surface area contributed by atoms with Crippen LogP contribution in [-0.2, 0) is 19.5 Å². The van der Waals surface area contributed by atoms with E-state index in [1.165, 1.54) is 0 Å². The van der Waals surface area contributed by atoms with Gasteiger partial charge in [0.2, 0.25) is 0 Å². The van der Waals surface area contributed by atoms with Gasteiger partial charge in [-0.05, 0) is 37.6 Å². The smallest absolute Gasteiger partial charge is 0.251 e. The number of carbonyl (C=O) groups is 1. The van der Waals surface area contributed by atoms with Crippen molar-refractivity contribution in [1.29, 1.82) is 0 Å². The van der Waals surface area contributed by atoms with E-state index in [1.54, 1.807) is 32.4 Å². The van der Waals surface area contributed by atoms with E-state index in [2.05, 4.69) is 28.4 Å². The van der Waals surface area contributed by atoms with Gasteiger partial charge in [0.1, 0.15) is 5.82 Å². The Labute approximate surface area is 164 Å². The number of amides is 1. The molecule has 0 atom stereocenters. The summed E-state index contributed by atoms with van der Waals surface area (Å²) < 4.78 is 12.9. The molecule has 146 valence electrons. The van der Waals surface area contributed by atoms with Gasteiger partial charge in [-0.3, -0.25) is 4.79 Å². The van der Waals surface area contributed by atoms with Crippen LogP contribution >= 0.6 is 0 Å². The molecule has 0 aliphatic carbocycles. The van der Waals surface area contributed by atoms with Gasteiger partial charge in [0.15, 0.2) is 11.5 Å². The molecule has 6 heteroatoms. The standard InChI is InChI=1S/C22H25N3O3/c1-5-9-15-12-16(13-19(27-3)21(15)28-4)22(26)23-14-20-24-17-10-7-8-11-18(17)25(20)6-2/h5,7-8,10-13H,1,6,9,14H2,2-4H3,(H,23,26). The minimum atomic E-state index is -0.194. The van der Waals surface area contributed by atoms with Gasteiger partial charge in [-0.25, -0.2) is 4.98 Å². The van der Waals surface area contributed by atoms with Crippen LogP contribution in [0.3, 0.4) is 0 Å². The Morgan fingerprint density at radius 2 is 2.04 bits per heavy atom.